The lowest BCUT2D eigenvalue weighted by Gasteiger charge is -2.20. The molecule has 2 nitrogen and oxygen atoms in total. The van der Waals surface area contributed by atoms with Crippen LogP contribution in [0.25, 0.3) is 17.2 Å². The number of hydrogen-bond donors (Lipinski definition) is 1. The lowest BCUT2D eigenvalue weighted by Crippen LogP contribution is -2.01. The molecule has 0 aliphatic rings. The number of rotatable bonds is 7. The number of nitrogens with one attached hydrogen (secondary N) is 1. The molecule has 3 aromatic rings. The Morgan fingerprint density at radius 2 is 1.70 bits per heavy atom. The quantitative estimate of drug-likeness (QED) is 0.273. The van der Waals surface area contributed by atoms with Crippen LogP contribution >= 0.6 is 30.3 Å². The summed E-state index contributed by atoms with van der Waals surface area (Å²) >= 11 is 2.26. The lowest BCUT2D eigenvalue weighted by atomic mass is 9.93. The summed E-state index contributed by atoms with van der Waals surface area (Å²) in [4.78, 5) is 0. The fraction of sp³-hybridized carbons (Fsp3) is 0.130. The van der Waals surface area contributed by atoms with Crippen LogP contribution in [0.2, 0.25) is 0 Å². The van der Waals surface area contributed by atoms with E-state index in [1.54, 1.807) is 9.12 Å². The van der Waals surface area contributed by atoms with Crippen molar-refractivity contribution in [2.45, 2.75) is 20.5 Å². The monoisotopic (exact) mass is 487 g/mol. The van der Waals surface area contributed by atoms with E-state index in [1.807, 2.05) is 31.2 Å². The SMILES string of the molecule is C/C=C\c1c(OCc2ccccc2)cc(NSI)c(-c2ccccc2)c1C. The standard InChI is InChI=1S/C23H22INOS/c1-3-10-20-17(2)23(19-13-8-5-9-14-19)21(25-27-24)15-22(20)26-16-18-11-6-4-7-12-18/h3-15,25H,16H2,1-2H3/b10-3-. The van der Waals surface area contributed by atoms with Crippen molar-refractivity contribution in [2.75, 3.05) is 4.72 Å². The molecule has 0 fully saturated rings. The van der Waals surface area contributed by atoms with Crippen molar-refractivity contribution in [2.24, 2.45) is 0 Å². The highest BCUT2D eigenvalue weighted by Crippen LogP contribution is 2.41. The van der Waals surface area contributed by atoms with Crippen molar-refractivity contribution >= 4 is 42.1 Å². The van der Waals surface area contributed by atoms with E-state index in [0.29, 0.717) is 6.61 Å². The highest BCUT2D eigenvalue weighted by molar-refractivity contribution is 14.2. The molecule has 4 heteroatoms. The number of ether oxygens (including phenoxy) is 1. The Balaban J connectivity index is 2.07. The fourth-order valence-corrected chi connectivity index (χ4v) is 4.09. The summed E-state index contributed by atoms with van der Waals surface area (Å²) in [5, 5.41) is 0. The molecule has 138 valence electrons. The molecule has 0 bridgehead atoms. The van der Waals surface area contributed by atoms with Gasteiger partial charge < -0.3 is 9.46 Å². The Kier molecular flexibility index (Phi) is 7.24. The molecule has 0 saturated carbocycles. The van der Waals surface area contributed by atoms with Crippen LogP contribution in [-0.2, 0) is 6.61 Å². The van der Waals surface area contributed by atoms with Crippen LogP contribution in [0.1, 0.15) is 23.6 Å². The lowest BCUT2D eigenvalue weighted by molar-refractivity contribution is 0.305. The summed E-state index contributed by atoms with van der Waals surface area (Å²) in [5.74, 6) is 0.891. The number of anilines is 1. The second-order valence-corrected chi connectivity index (χ2v) is 7.84. The van der Waals surface area contributed by atoms with E-state index in [2.05, 4.69) is 87.5 Å². The summed E-state index contributed by atoms with van der Waals surface area (Å²) in [7, 11) is 1.56. The molecule has 0 aromatic heterocycles. The van der Waals surface area contributed by atoms with Crippen molar-refractivity contribution in [3.05, 3.63) is 89.5 Å². The normalized spacial score (nSPS) is 10.9. The van der Waals surface area contributed by atoms with E-state index in [4.69, 9.17) is 4.74 Å². The zero-order chi connectivity index (χ0) is 19.1. The third-order valence-electron chi connectivity index (χ3n) is 4.37. The molecule has 27 heavy (non-hydrogen) atoms. The van der Waals surface area contributed by atoms with Crippen molar-refractivity contribution in [3.63, 3.8) is 0 Å². The minimum atomic E-state index is 0.548. The van der Waals surface area contributed by atoms with E-state index in [1.165, 1.54) is 16.7 Å². The molecular weight excluding hydrogens is 465 g/mol. The molecule has 3 rings (SSSR count). The van der Waals surface area contributed by atoms with Crippen LogP contribution in [0.15, 0.2) is 72.8 Å². The molecule has 0 aliphatic heterocycles. The van der Waals surface area contributed by atoms with Gasteiger partial charge in [0.05, 0.1) is 5.69 Å². The molecule has 3 aromatic carbocycles. The first-order chi connectivity index (χ1) is 13.2. The zero-order valence-corrected chi connectivity index (χ0v) is 18.4. The van der Waals surface area contributed by atoms with Crippen LogP contribution in [0, 0.1) is 6.92 Å². The highest BCUT2D eigenvalue weighted by Gasteiger charge is 2.16. The maximum Gasteiger partial charge on any atom is 0.129 e. The molecule has 0 atom stereocenters. The molecule has 0 spiro atoms. The second kappa shape index (κ2) is 9.85. The van der Waals surface area contributed by atoms with Crippen molar-refractivity contribution in [1.82, 2.24) is 0 Å². The maximum absolute atomic E-state index is 6.23. The smallest absolute Gasteiger partial charge is 0.129 e. The average Bonchev–Trinajstić information content (AvgIpc) is 2.70. The summed E-state index contributed by atoms with van der Waals surface area (Å²) in [6.45, 7) is 4.75. The van der Waals surface area contributed by atoms with Gasteiger partial charge in [0.15, 0.2) is 0 Å². The molecule has 0 saturated heterocycles. The minimum absolute atomic E-state index is 0.548. The molecule has 0 aliphatic carbocycles. The molecular formula is C23H22INOS. The molecule has 0 unspecified atom stereocenters. The number of allylic oxidation sites excluding steroid dienone is 1. The first kappa shape index (κ1) is 19.8. The molecule has 0 heterocycles. The number of hydrogen-bond acceptors (Lipinski definition) is 3. The predicted octanol–water partition coefficient (Wildman–Crippen LogP) is 7.68. The van der Waals surface area contributed by atoms with Gasteiger partial charge in [-0.25, -0.2) is 0 Å². The van der Waals surface area contributed by atoms with Gasteiger partial charge in [-0.15, -0.1) is 0 Å². The minimum Gasteiger partial charge on any atom is -0.488 e. The topological polar surface area (TPSA) is 21.3 Å². The van der Waals surface area contributed by atoms with E-state index >= 15 is 0 Å². The highest BCUT2D eigenvalue weighted by atomic mass is 127. The summed E-state index contributed by atoms with van der Waals surface area (Å²) in [6, 6.07) is 22.9. The first-order valence-corrected chi connectivity index (χ1v) is 12.2. The van der Waals surface area contributed by atoms with Gasteiger partial charge in [-0.1, -0.05) is 72.8 Å². The first-order valence-electron chi connectivity index (χ1n) is 8.80. The molecule has 1 N–H and O–H groups in total. The zero-order valence-electron chi connectivity index (χ0n) is 15.4. The summed E-state index contributed by atoms with van der Waals surface area (Å²) in [6.07, 6.45) is 4.19. The van der Waals surface area contributed by atoms with Crippen LogP contribution in [-0.4, -0.2) is 0 Å². The summed E-state index contributed by atoms with van der Waals surface area (Å²) < 4.78 is 9.65. The van der Waals surface area contributed by atoms with Gasteiger partial charge in [0.2, 0.25) is 0 Å². The Morgan fingerprint density at radius 3 is 2.33 bits per heavy atom. The Labute approximate surface area is 177 Å². The number of halogens is 1. The van der Waals surface area contributed by atoms with Crippen LogP contribution in [0.5, 0.6) is 5.75 Å². The number of benzene rings is 3. The Hall–Kier alpha value is -1.92. The van der Waals surface area contributed by atoms with Gasteiger partial charge in [-0.2, -0.15) is 0 Å². The second-order valence-electron chi connectivity index (χ2n) is 6.16. The third-order valence-corrected chi connectivity index (χ3v) is 5.33. The van der Waals surface area contributed by atoms with Crippen molar-refractivity contribution < 1.29 is 4.74 Å². The van der Waals surface area contributed by atoms with Crippen LogP contribution in [0.3, 0.4) is 0 Å². The van der Waals surface area contributed by atoms with Crippen LogP contribution < -0.4 is 9.46 Å². The average molecular weight is 487 g/mol. The van der Waals surface area contributed by atoms with Gasteiger partial charge in [-0.05, 0) is 30.5 Å². The summed E-state index contributed by atoms with van der Waals surface area (Å²) in [5.41, 5.74) is 6.96. The van der Waals surface area contributed by atoms with E-state index in [-0.39, 0.29) is 0 Å². The van der Waals surface area contributed by atoms with Crippen molar-refractivity contribution in [1.29, 1.82) is 0 Å². The Morgan fingerprint density at radius 1 is 1.04 bits per heavy atom. The van der Waals surface area contributed by atoms with Gasteiger partial charge in [0, 0.05) is 47.5 Å². The molecule has 0 amide bonds. The van der Waals surface area contributed by atoms with E-state index in [9.17, 15) is 0 Å². The van der Waals surface area contributed by atoms with Crippen molar-refractivity contribution in [3.8, 4) is 16.9 Å². The van der Waals surface area contributed by atoms with E-state index in [0.717, 1.165) is 22.6 Å². The largest absolute Gasteiger partial charge is 0.488 e. The van der Waals surface area contributed by atoms with Gasteiger partial charge in [0.1, 0.15) is 12.4 Å². The fourth-order valence-electron chi connectivity index (χ4n) is 3.13. The predicted molar refractivity (Wildman–Crippen MR) is 127 cm³/mol. The van der Waals surface area contributed by atoms with Gasteiger partial charge in [-0.3, -0.25) is 0 Å². The molecule has 0 radical (unpaired) electrons. The maximum atomic E-state index is 6.23. The van der Waals surface area contributed by atoms with E-state index < -0.39 is 0 Å². The Bertz CT molecular complexity index is 911. The van der Waals surface area contributed by atoms with Crippen LogP contribution in [0.4, 0.5) is 5.69 Å². The van der Waals surface area contributed by atoms with Gasteiger partial charge >= 0.3 is 0 Å². The third kappa shape index (κ3) is 4.87. The van der Waals surface area contributed by atoms with Gasteiger partial charge in [0.25, 0.3) is 0 Å².